The number of para-hydroxylation sites is 1. The molecule has 0 saturated heterocycles. The molecule has 4 rings (SSSR count). The summed E-state index contributed by atoms with van der Waals surface area (Å²) in [6.45, 7) is 0. The number of ether oxygens (including phenoxy) is 1. The van der Waals surface area contributed by atoms with Gasteiger partial charge in [-0.05, 0) is 29.8 Å². The highest BCUT2D eigenvalue weighted by molar-refractivity contribution is 6.00. The van der Waals surface area contributed by atoms with Crippen molar-refractivity contribution in [1.82, 2.24) is 15.1 Å². The van der Waals surface area contributed by atoms with Crippen LogP contribution in [0.15, 0.2) is 48.5 Å². The topological polar surface area (TPSA) is 95.5 Å². The van der Waals surface area contributed by atoms with Gasteiger partial charge in [0.1, 0.15) is 17.1 Å². The van der Waals surface area contributed by atoms with E-state index in [4.69, 9.17) is 4.74 Å². The number of fused-ring (bicyclic) bond motifs is 1. The number of nitrogens with one attached hydrogen (secondary N) is 1. The lowest BCUT2D eigenvalue weighted by molar-refractivity contribution is 0.0600. The van der Waals surface area contributed by atoms with Crippen LogP contribution in [0.2, 0.25) is 0 Å². The number of esters is 1. The number of hydrogen-bond acceptors (Lipinski definition) is 5. The van der Waals surface area contributed by atoms with Crippen LogP contribution in [0.5, 0.6) is 5.75 Å². The van der Waals surface area contributed by atoms with E-state index in [0.717, 1.165) is 5.56 Å². The molecule has 136 valence electrons. The van der Waals surface area contributed by atoms with E-state index in [-0.39, 0.29) is 17.7 Å². The van der Waals surface area contributed by atoms with Crippen molar-refractivity contribution < 1.29 is 19.4 Å². The van der Waals surface area contributed by atoms with Gasteiger partial charge in [0.2, 0.25) is 0 Å². The van der Waals surface area contributed by atoms with Crippen LogP contribution in [0.25, 0.3) is 11.3 Å². The minimum atomic E-state index is -0.420. The average Bonchev–Trinajstić information content (AvgIpc) is 3.21. The third-order valence-electron chi connectivity index (χ3n) is 4.81. The van der Waals surface area contributed by atoms with Gasteiger partial charge in [0.05, 0.1) is 18.7 Å². The van der Waals surface area contributed by atoms with E-state index in [2.05, 4.69) is 10.2 Å². The summed E-state index contributed by atoms with van der Waals surface area (Å²) < 4.78 is 4.73. The molecule has 0 spiro atoms. The molecule has 1 aromatic heterocycles. The Hall–Kier alpha value is -3.61. The molecule has 1 aliphatic rings. The predicted molar refractivity (Wildman–Crippen MR) is 97.4 cm³/mol. The number of methoxy groups -OCH3 is 1. The van der Waals surface area contributed by atoms with Crippen molar-refractivity contribution in [2.24, 2.45) is 0 Å². The zero-order valence-electron chi connectivity index (χ0n) is 14.8. The monoisotopic (exact) mass is 363 g/mol. The molecule has 0 bridgehead atoms. The number of H-pyrrole nitrogens is 1. The Morgan fingerprint density at radius 3 is 2.56 bits per heavy atom. The van der Waals surface area contributed by atoms with Crippen molar-refractivity contribution >= 4 is 11.9 Å². The summed E-state index contributed by atoms with van der Waals surface area (Å²) in [5, 5.41) is 17.3. The third kappa shape index (κ3) is 2.55. The molecule has 3 aromatic rings. The van der Waals surface area contributed by atoms with Gasteiger partial charge in [0, 0.05) is 18.2 Å². The highest BCUT2D eigenvalue weighted by Gasteiger charge is 2.40. The Bertz CT molecular complexity index is 1040. The second-order valence-corrected chi connectivity index (χ2v) is 6.31. The van der Waals surface area contributed by atoms with E-state index in [0.29, 0.717) is 28.1 Å². The highest BCUT2D eigenvalue weighted by atomic mass is 16.5. The SMILES string of the molecule is COC(=O)c1ccc(C2c3c(-c4ccccc4O)n[nH]c3C(=O)N2C)cc1. The van der Waals surface area contributed by atoms with E-state index in [1.807, 2.05) is 0 Å². The Kier molecular flexibility index (Phi) is 3.92. The molecule has 1 aliphatic heterocycles. The molecule has 2 N–H and O–H groups in total. The van der Waals surface area contributed by atoms with Crippen molar-refractivity contribution in [2.45, 2.75) is 6.04 Å². The number of carbonyl (C=O) groups excluding carboxylic acids is 2. The number of aromatic amines is 1. The summed E-state index contributed by atoms with van der Waals surface area (Å²) in [5.41, 5.74) is 3.45. The van der Waals surface area contributed by atoms with Crippen molar-refractivity contribution in [3.63, 3.8) is 0 Å². The molecule has 0 fully saturated rings. The molecule has 0 radical (unpaired) electrons. The first kappa shape index (κ1) is 16.8. The number of aromatic hydroxyl groups is 1. The third-order valence-corrected chi connectivity index (χ3v) is 4.81. The molecular formula is C20H17N3O4. The first-order valence-electron chi connectivity index (χ1n) is 8.35. The first-order chi connectivity index (χ1) is 13.0. The quantitative estimate of drug-likeness (QED) is 0.698. The molecule has 7 nitrogen and oxygen atoms in total. The van der Waals surface area contributed by atoms with Crippen LogP contribution in [-0.2, 0) is 4.74 Å². The van der Waals surface area contributed by atoms with Crippen LogP contribution in [0, 0.1) is 0 Å². The van der Waals surface area contributed by atoms with E-state index in [1.54, 1.807) is 60.5 Å². The summed E-state index contributed by atoms with van der Waals surface area (Å²) in [6, 6.07) is 13.4. The number of hydrogen-bond donors (Lipinski definition) is 2. The number of rotatable bonds is 3. The summed E-state index contributed by atoms with van der Waals surface area (Å²) in [6.07, 6.45) is 0. The van der Waals surface area contributed by atoms with Crippen LogP contribution in [0.1, 0.15) is 38.0 Å². The molecule has 2 aromatic carbocycles. The van der Waals surface area contributed by atoms with Gasteiger partial charge >= 0.3 is 5.97 Å². The highest BCUT2D eigenvalue weighted by Crippen LogP contribution is 2.43. The van der Waals surface area contributed by atoms with Crippen LogP contribution in [0.3, 0.4) is 0 Å². The van der Waals surface area contributed by atoms with Crippen molar-refractivity contribution in [3.05, 3.63) is 70.9 Å². The van der Waals surface area contributed by atoms with Gasteiger partial charge in [-0.3, -0.25) is 9.89 Å². The van der Waals surface area contributed by atoms with Crippen molar-refractivity contribution in [1.29, 1.82) is 0 Å². The van der Waals surface area contributed by atoms with E-state index in [9.17, 15) is 14.7 Å². The molecule has 1 amide bonds. The lowest BCUT2D eigenvalue weighted by atomic mass is 9.95. The van der Waals surface area contributed by atoms with Gasteiger partial charge in [0.15, 0.2) is 0 Å². The summed E-state index contributed by atoms with van der Waals surface area (Å²) >= 11 is 0. The number of benzene rings is 2. The molecule has 2 heterocycles. The number of carbonyl (C=O) groups is 2. The second-order valence-electron chi connectivity index (χ2n) is 6.31. The van der Waals surface area contributed by atoms with E-state index >= 15 is 0 Å². The number of amides is 1. The van der Waals surface area contributed by atoms with Gasteiger partial charge in [-0.25, -0.2) is 4.79 Å². The Balaban J connectivity index is 1.83. The maximum absolute atomic E-state index is 12.6. The fourth-order valence-corrected chi connectivity index (χ4v) is 3.46. The largest absolute Gasteiger partial charge is 0.507 e. The molecule has 1 atom stereocenters. The van der Waals surface area contributed by atoms with E-state index in [1.165, 1.54) is 7.11 Å². The molecular weight excluding hydrogens is 346 g/mol. The molecule has 0 aliphatic carbocycles. The lowest BCUT2D eigenvalue weighted by Gasteiger charge is -2.22. The van der Waals surface area contributed by atoms with Gasteiger partial charge in [-0.15, -0.1) is 0 Å². The number of aromatic nitrogens is 2. The zero-order chi connectivity index (χ0) is 19.1. The lowest BCUT2D eigenvalue weighted by Crippen LogP contribution is -2.24. The number of nitrogens with zero attached hydrogens (tertiary/aromatic N) is 2. The average molecular weight is 363 g/mol. The maximum atomic E-state index is 12.6. The Morgan fingerprint density at radius 1 is 1.19 bits per heavy atom. The van der Waals surface area contributed by atoms with Crippen LogP contribution in [-0.4, -0.2) is 46.2 Å². The number of phenols is 1. The predicted octanol–water partition coefficient (Wildman–Crippen LogP) is 2.74. The van der Waals surface area contributed by atoms with E-state index < -0.39 is 5.97 Å². The minimum absolute atomic E-state index is 0.0913. The van der Waals surface area contributed by atoms with Crippen LogP contribution >= 0.6 is 0 Å². The fraction of sp³-hybridized carbons (Fsp3) is 0.150. The standard InChI is InChI=1S/C20H17N3O4/c1-23-18(11-7-9-12(10-8-11)20(26)27-2)15-16(21-22-17(15)19(23)25)13-5-3-4-6-14(13)24/h3-10,18,24H,1-2H3,(H,21,22). The molecule has 7 heteroatoms. The zero-order valence-corrected chi connectivity index (χ0v) is 14.8. The normalized spacial score (nSPS) is 15.7. The summed E-state index contributed by atoms with van der Waals surface area (Å²) in [4.78, 5) is 25.9. The summed E-state index contributed by atoms with van der Waals surface area (Å²) in [7, 11) is 3.04. The van der Waals surface area contributed by atoms with Crippen molar-refractivity contribution in [3.8, 4) is 17.0 Å². The van der Waals surface area contributed by atoms with Gasteiger partial charge < -0.3 is 14.7 Å². The van der Waals surface area contributed by atoms with Crippen LogP contribution in [0.4, 0.5) is 0 Å². The summed E-state index contributed by atoms with van der Waals surface area (Å²) in [5.74, 6) is -0.508. The van der Waals surface area contributed by atoms with Crippen LogP contribution < -0.4 is 0 Å². The smallest absolute Gasteiger partial charge is 0.337 e. The van der Waals surface area contributed by atoms with Gasteiger partial charge in [0.25, 0.3) is 5.91 Å². The molecule has 0 saturated carbocycles. The first-order valence-corrected chi connectivity index (χ1v) is 8.35. The Labute approximate surface area is 155 Å². The molecule has 27 heavy (non-hydrogen) atoms. The van der Waals surface area contributed by atoms with Crippen molar-refractivity contribution in [2.75, 3.05) is 14.2 Å². The fourth-order valence-electron chi connectivity index (χ4n) is 3.46. The second kappa shape index (κ2) is 6.28. The van der Waals surface area contributed by atoms with Gasteiger partial charge in [-0.2, -0.15) is 5.10 Å². The van der Waals surface area contributed by atoms with Gasteiger partial charge in [-0.1, -0.05) is 24.3 Å². The minimum Gasteiger partial charge on any atom is -0.507 e. The maximum Gasteiger partial charge on any atom is 0.337 e. The molecule has 1 unspecified atom stereocenters. The Morgan fingerprint density at radius 2 is 1.89 bits per heavy atom. The number of phenolic OH excluding ortho intramolecular Hbond substituents is 1.